The van der Waals surface area contributed by atoms with E-state index in [0.717, 1.165) is 12.8 Å². The normalized spacial score (nSPS) is 39.2. The summed E-state index contributed by atoms with van der Waals surface area (Å²) < 4.78 is 36.8. The molecule has 4 aliphatic rings. The van der Waals surface area contributed by atoms with E-state index in [4.69, 9.17) is 5.53 Å². The summed E-state index contributed by atoms with van der Waals surface area (Å²) in [5, 5.41) is 13.9. The lowest BCUT2D eigenvalue weighted by Gasteiger charge is -2.61. The van der Waals surface area contributed by atoms with E-state index >= 15 is 0 Å². The van der Waals surface area contributed by atoms with E-state index in [0.29, 0.717) is 38.0 Å². The third-order valence-electron chi connectivity index (χ3n) is 6.76. The molecule has 8 heteroatoms. The number of carboxylic acids is 1. The second kappa shape index (κ2) is 6.71. The predicted molar refractivity (Wildman–Crippen MR) is 84.6 cm³/mol. The number of unbranched alkanes of at least 4 members (excludes halogenated alkanes) is 2. The molecule has 0 radical (unpaired) electrons. The summed E-state index contributed by atoms with van der Waals surface area (Å²) in [4.78, 5) is 15.1. The third-order valence-corrected chi connectivity index (χ3v) is 6.76. The van der Waals surface area contributed by atoms with Gasteiger partial charge in [-0.1, -0.05) is 18.0 Å². The smallest absolute Gasteiger partial charge is 0.389 e. The van der Waals surface area contributed by atoms with E-state index < -0.39 is 24.0 Å². The van der Waals surface area contributed by atoms with Crippen LogP contribution in [0.15, 0.2) is 5.11 Å². The molecule has 6 atom stereocenters. The molecule has 4 fully saturated rings. The number of azide groups is 1. The Morgan fingerprint density at radius 3 is 2.64 bits per heavy atom. The average molecular weight is 359 g/mol. The van der Waals surface area contributed by atoms with Crippen molar-refractivity contribution in [1.29, 1.82) is 0 Å². The van der Waals surface area contributed by atoms with E-state index in [2.05, 4.69) is 10.0 Å². The fraction of sp³-hybridized carbons (Fsp3) is 0.941. The van der Waals surface area contributed by atoms with Crippen LogP contribution in [-0.2, 0) is 4.79 Å². The molecule has 0 aromatic heterocycles. The van der Waals surface area contributed by atoms with Gasteiger partial charge in [0.05, 0.1) is 5.41 Å². The lowest BCUT2D eigenvalue weighted by molar-refractivity contribution is -0.181. The number of rotatable bonds is 7. The second-order valence-electron chi connectivity index (χ2n) is 8.15. The van der Waals surface area contributed by atoms with Gasteiger partial charge in [0.15, 0.2) is 0 Å². The van der Waals surface area contributed by atoms with Crippen molar-refractivity contribution in [3.8, 4) is 0 Å². The van der Waals surface area contributed by atoms with Crippen LogP contribution in [0.2, 0.25) is 0 Å². The molecule has 0 heterocycles. The van der Waals surface area contributed by atoms with Gasteiger partial charge in [0.25, 0.3) is 0 Å². The quantitative estimate of drug-likeness (QED) is 0.289. The molecule has 0 aromatic carbocycles. The van der Waals surface area contributed by atoms with Gasteiger partial charge in [-0.2, -0.15) is 13.2 Å². The van der Waals surface area contributed by atoms with Crippen molar-refractivity contribution in [3.63, 3.8) is 0 Å². The summed E-state index contributed by atoms with van der Waals surface area (Å²) in [6.07, 6.45) is -0.0956. The number of hydrogen-bond acceptors (Lipinski definition) is 2. The zero-order chi connectivity index (χ0) is 18.2. The fourth-order valence-electron chi connectivity index (χ4n) is 6.02. The van der Waals surface area contributed by atoms with Crippen LogP contribution in [0, 0.1) is 29.1 Å². The first kappa shape index (κ1) is 18.4. The lowest BCUT2D eigenvalue weighted by atomic mass is 9.43. The first-order valence-corrected chi connectivity index (χ1v) is 9.11. The SMILES string of the molecule is [N-]=[N+]=NC1[C@@H]2C[C@@H]3C[C@@H]1C(CCCCCC(F)(F)F)C(C(=O)O)(C3)C2. The molecule has 0 saturated heterocycles. The molecule has 1 N–H and O–H groups in total. The third kappa shape index (κ3) is 3.46. The summed E-state index contributed by atoms with van der Waals surface area (Å²) in [6, 6.07) is -0.144. The Bertz CT molecular complexity index is 576. The van der Waals surface area contributed by atoms with Gasteiger partial charge in [0.1, 0.15) is 0 Å². The summed E-state index contributed by atoms with van der Waals surface area (Å²) in [6.45, 7) is 0. The molecular formula is C17H24F3N3O2. The Kier molecular flexibility index (Phi) is 4.93. The van der Waals surface area contributed by atoms with Crippen LogP contribution in [0.1, 0.15) is 57.8 Å². The largest absolute Gasteiger partial charge is 0.481 e. The minimum atomic E-state index is -4.13. The van der Waals surface area contributed by atoms with Crippen molar-refractivity contribution in [2.24, 2.45) is 34.2 Å². The maximum absolute atomic E-state index is 12.3. The van der Waals surface area contributed by atoms with Gasteiger partial charge >= 0.3 is 12.1 Å². The number of hydrogen-bond donors (Lipinski definition) is 1. The molecule has 3 unspecified atom stereocenters. The summed E-state index contributed by atoms with van der Waals surface area (Å²) in [7, 11) is 0. The zero-order valence-electron chi connectivity index (χ0n) is 14.1. The molecular weight excluding hydrogens is 335 g/mol. The zero-order valence-corrected chi connectivity index (χ0v) is 14.1. The van der Waals surface area contributed by atoms with E-state index in [1.165, 1.54) is 0 Å². The van der Waals surface area contributed by atoms with Gasteiger partial charge in [-0.3, -0.25) is 4.79 Å². The highest BCUT2D eigenvalue weighted by atomic mass is 19.4. The number of alkyl halides is 3. The van der Waals surface area contributed by atoms with Crippen LogP contribution in [0.5, 0.6) is 0 Å². The van der Waals surface area contributed by atoms with E-state index in [-0.39, 0.29) is 30.2 Å². The monoisotopic (exact) mass is 359 g/mol. The van der Waals surface area contributed by atoms with E-state index in [1.807, 2.05) is 0 Å². The second-order valence-corrected chi connectivity index (χ2v) is 8.15. The fourth-order valence-corrected chi connectivity index (χ4v) is 6.02. The highest BCUT2D eigenvalue weighted by Gasteiger charge is 2.63. The minimum absolute atomic E-state index is 0.0702. The summed E-state index contributed by atoms with van der Waals surface area (Å²) in [5.41, 5.74) is 8.11. The first-order chi connectivity index (χ1) is 11.8. The van der Waals surface area contributed by atoms with E-state index in [9.17, 15) is 23.1 Å². The molecule has 0 aromatic rings. The lowest BCUT2D eigenvalue weighted by Crippen LogP contribution is -2.61. The Balaban J connectivity index is 1.69. The average Bonchev–Trinajstić information content (AvgIpc) is 2.51. The van der Waals surface area contributed by atoms with Crippen LogP contribution in [0.3, 0.4) is 0 Å². The molecule has 5 nitrogen and oxygen atoms in total. The highest BCUT2D eigenvalue weighted by Crippen LogP contribution is 2.64. The molecule has 0 amide bonds. The number of carboxylic acid groups (broad SMARTS) is 1. The van der Waals surface area contributed by atoms with Gasteiger partial charge in [0.2, 0.25) is 0 Å². The number of halogens is 3. The minimum Gasteiger partial charge on any atom is -0.481 e. The molecule has 4 rings (SSSR count). The molecule has 25 heavy (non-hydrogen) atoms. The van der Waals surface area contributed by atoms with Crippen molar-refractivity contribution in [1.82, 2.24) is 0 Å². The van der Waals surface area contributed by atoms with Gasteiger partial charge in [-0.05, 0) is 67.7 Å². The van der Waals surface area contributed by atoms with Crippen LogP contribution >= 0.6 is 0 Å². The van der Waals surface area contributed by atoms with Gasteiger partial charge in [-0.25, -0.2) is 0 Å². The first-order valence-electron chi connectivity index (χ1n) is 9.11. The van der Waals surface area contributed by atoms with Gasteiger partial charge in [-0.15, -0.1) is 0 Å². The molecule has 0 spiro atoms. The van der Waals surface area contributed by atoms with Gasteiger partial charge < -0.3 is 5.11 Å². The maximum atomic E-state index is 12.3. The van der Waals surface area contributed by atoms with E-state index in [1.54, 1.807) is 0 Å². The Morgan fingerprint density at radius 2 is 2.00 bits per heavy atom. The molecule has 0 aliphatic heterocycles. The molecule has 4 saturated carbocycles. The Morgan fingerprint density at radius 1 is 1.24 bits per heavy atom. The maximum Gasteiger partial charge on any atom is 0.389 e. The van der Waals surface area contributed by atoms with Crippen LogP contribution in [0.25, 0.3) is 10.4 Å². The van der Waals surface area contributed by atoms with Crippen LogP contribution in [0.4, 0.5) is 13.2 Å². The molecule has 4 bridgehead atoms. The number of carbonyl (C=O) groups is 1. The van der Waals surface area contributed by atoms with Gasteiger partial charge in [0, 0.05) is 17.4 Å². The molecule has 140 valence electrons. The predicted octanol–water partition coefficient (Wildman–Crippen LogP) is 5.32. The number of nitrogens with zero attached hydrogens (tertiary/aromatic N) is 3. The van der Waals surface area contributed by atoms with Crippen LogP contribution < -0.4 is 0 Å². The van der Waals surface area contributed by atoms with Crippen molar-refractivity contribution < 1.29 is 23.1 Å². The highest BCUT2D eigenvalue weighted by molar-refractivity contribution is 5.76. The Hall–Kier alpha value is -1.43. The number of aliphatic carboxylic acids is 1. The van der Waals surface area contributed by atoms with Crippen molar-refractivity contribution in [2.45, 2.75) is 70.0 Å². The molecule has 4 aliphatic carbocycles. The van der Waals surface area contributed by atoms with Crippen molar-refractivity contribution in [2.75, 3.05) is 0 Å². The summed E-state index contributed by atoms with van der Waals surface area (Å²) >= 11 is 0. The van der Waals surface area contributed by atoms with Crippen molar-refractivity contribution >= 4 is 5.97 Å². The van der Waals surface area contributed by atoms with Crippen molar-refractivity contribution in [3.05, 3.63) is 10.4 Å². The van der Waals surface area contributed by atoms with Crippen LogP contribution in [-0.4, -0.2) is 23.3 Å². The topological polar surface area (TPSA) is 86.1 Å². The Labute approximate surface area is 144 Å². The summed E-state index contributed by atoms with van der Waals surface area (Å²) in [5.74, 6) is -0.260. The standard InChI is InChI=1S/C17H24F3N3O2/c18-17(19,20)5-3-1-2-4-13-12-7-10-6-11(14(12)22-23-21)9-16(13,8-10)15(24)25/h10-14H,1-9H2,(H,24,25)/t10-,11-,12-,13?,14?,16?/m1/s1.